The van der Waals surface area contributed by atoms with Crippen molar-refractivity contribution in [1.29, 1.82) is 0 Å². The van der Waals surface area contributed by atoms with Crippen molar-refractivity contribution in [3.63, 3.8) is 0 Å². The van der Waals surface area contributed by atoms with Crippen LogP contribution in [0, 0.1) is 11.8 Å². The minimum Gasteiger partial charge on any atom is -0.296 e. The van der Waals surface area contributed by atoms with E-state index in [1.54, 1.807) is 0 Å². The van der Waals surface area contributed by atoms with Crippen LogP contribution in [-0.4, -0.2) is 30.3 Å². The molecule has 0 N–H and O–H groups in total. The van der Waals surface area contributed by atoms with Crippen molar-refractivity contribution < 1.29 is 4.79 Å². The van der Waals surface area contributed by atoms with Gasteiger partial charge < -0.3 is 0 Å². The lowest BCUT2D eigenvalue weighted by Gasteiger charge is -2.17. The average Bonchev–Trinajstić information content (AvgIpc) is 2.87. The molecule has 2 rings (SSSR count). The molecule has 0 aliphatic carbocycles. The molecule has 1 heterocycles. The topological polar surface area (TPSA) is 20.3 Å². The maximum Gasteiger partial charge on any atom is 0.176 e. The molecule has 0 amide bonds. The van der Waals surface area contributed by atoms with Crippen LogP contribution in [0.1, 0.15) is 43.1 Å². The molecule has 2 nitrogen and oxygen atoms in total. The van der Waals surface area contributed by atoms with Crippen LogP contribution in [-0.2, 0) is 6.42 Å². The molecule has 0 spiro atoms. The molecule has 1 aromatic rings. The van der Waals surface area contributed by atoms with E-state index in [-0.39, 0.29) is 5.78 Å². The van der Waals surface area contributed by atoms with Gasteiger partial charge >= 0.3 is 0 Å². The Morgan fingerprint density at radius 1 is 1.32 bits per heavy atom. The fourth-order valence-electron chi connectivity index (χ4n) is 2.77. The molecule has 1 atom stereocenters. The molecule has 1 aliphatic rings. The van der Waals surface area contributed by atoms with E-state index in [0.29, 0.717) is 6.54 Å². The van der Waals surface area contributed by atoms with Gasteiger partial charge in [-0.05, 0) is 36.8 Å². The third-order valence-corrected chi connectivity index (χ3v) is 4.30. The highest BCUT2D eigenvalue weighted by molar-refractivity contribution is 5.97. The van der Waals surface area contributed by atoms with Crippen molar-refractivity contribution in [2.75, 3.05) is 19.6 Å². The van der Waals surface area contributed by atoms with Crippen molar-refractivity contribution >= 4 is 5.78 Å². The van der Waals surface area contributed by atoms with Gasteiger partial charge in [-0.25, -0.2) is 0 Å². The summed E-state index contributed by atoms with van der Waals surface area (Å²) >= 11 is 0. The zero-order valence-corrected chi connectivity index (χ0v) is 12.4. The highest BCUT2D eigenvalue weighted by Crippen LogP contribution is 2.23. The molecule has 0 radical (unpaired) electrons. The highest BCUT2D eigenvalue weighted by atomic mass is 16.1. The van der Waals surface area contributed by atoms with Crippen molar-refractivity contribution in [2.24, 2.45) is 11.8 Å². The number of nitrogens with zero attached hydrogens (tertiary/aromatic N) is 1. The van der Waals surface area contributed by atoms with Gasteiger partial charge in [0, 0.05) is 12.1 Å². The van der Waals surface area contributed by atoms with Gasteiger partial charge in [0.1, 0.15) is 0 Å². The number of aryl methyl sites for hydroxylation is 1. The predicted molar refractivity (Wildman–Crippen MR) is 79.5 cm³/mol. The first-order chi connectivity index (χ1) is 9.10. The Kier molecular flexibility index (Phi) is 4.76. The number of hydrogen-bond acceptors (Lipinski definition) is 2. The van der Waals surface area contributed by atoms with Gasteiger partial charge in [0.15, 0.2) is 5.78 Å². The summed E-state index contributed by atoms with van der Waals surface area (Å²) < 4.78 is 0. The van der Waals surface area contributed by atoms with Crippen LogP contribution >= 0.6 is 0 Å². The van der Waals surface area contributed by atoms with E-state index in [4.69, 9.17) is 0 Å². The zero-order chi connectivity index (χ0) is 13.8. The molecule has 0 bridgehead atoms. The van der Waals surface area contributed by atoms with Crippen molar-refractivity contribution in [3.8, 4) is 0 Å². The molecular formula is C17H25NO. The molecule has 0 saturated carbocycles. The van der Waals surface area contributed by atoms with Crippen LogP contribution in [0.15, 0.2) is 24.3 Å². The number of likely N-dealkylation sites (tertiary alicyclic amines) is 1. The average molecular weight is 259 g/mol. The summed E-state index contributed by atoms with van der Waals surface area (Å²) in [4.78, 5) is 14.5. The second-order valence-electron chi connectivity index (χ2n) is 6.00. The van der Waals surface area contributed by atoms with Gasteiger partial charge in [-0.15, -0.1) is 0 Å². The Morgan fingerprint density at radius 2 is 2.00 bits per heavy atom. The Morgan fingerprint density at radius 3 is 2.53 bits per heavy atom. The second-order valence-corrected chi connectivity index (χ2v) is 6.00. The summed E-state index contributed by atoms with van der Waals surface area (Å²) in [6, 6.07) is 8.07. The lowest BCUT2D eigenvalue weighted by molar-refractivity contribution is 0.0942. The third kappa shape index (κ3) is 3.66. The number of ketones is 1. The number of rotatable bonds is 5. The molecule has 1 aromatic carbocycles. The highest BCUT2D eigenvalue weighted by Gasteiger charge is 2.26. The van der Waals surface area contributed by atoms with E-state index in [2.05, 4.69) is 37.8 Å². The number of carbonyl (C=O) groups is 1. The van der Waals surface area contributed by atoms with Gasteiger partial charge in [-0.3, -0.25) is 9.69 Å². The summed E-state index contributed by atoms with van der Waals surface area (Å²) in [7, 11) is 0. The Labute approximate surface area is 116 Å². The molecule has 2 heteroatoms. The Bertz CT molecular complexity index is 421. The third-order valence-electron chi connectivity index (χ3n) is 4.30. The smallest absolute Gasteiger partial charge is 0.176 e. The second kappa shape index (κ2) is 6.33. The van der Waals surface area contributed by atoms with Crippen LogP contribution in [0.25, 0.3) is 0 Å². The summed E-state index contributed by atoms with van der Waals surface area (Å²) in [6.45, 7) is 9.42. The normalized spacial score (nSPS) is 20.1. The minimum atomic E-state index is 0.257. The molecular weight excluding hydrogens is 234 g/mol. The Hall–Kier alpha value is -1.15. The quantitative estimate of drug-likeness (QED) is 0.755. The fourth-order valence-corrected chi connectivity index (χ4v) is 2.77. The summed E-state index contributed by atoms with van der Waals surface area (Å²) in [5.41, 5.74) is 2.14. The SMILES string of the molecule is CCc1ccc(C(=O)CN2CCC(C(C)C)C2)cc1. The van der Waals surface area contributed by atoms with Crippen LogP contribution in [0.5, 0.6) is 0 Å². The lowest BCUT2D eigenvalue weighted by Crippen LogP contribution is -2.28. The van der Waals surface area contributed by atoms with E-state index in [1.165, 1.54) is 12.0 Å². The number of Topliss-reactive ketones (excluding diaryl/α,β-unsaturated/α-hetero) is 1. The first-order valence-electron chi connectivity index (χ1n) is 7.44. The predicted octanol–water partition coefficient (Wildman–Crippen LogP) is 3.41. The molecule has 1 unspecified atom stereocenters. The van der Waals surface area contributed by atoms with Crippen LogP contribution in [0.3, 0.4) is 0 Å². The largest absolute Gasteiger partial charge is 0.296 e. The first kappa shape index (κ1) is 14.3. The van der Waals surface area contributed by atoms with Gasteiger partial charge in [-0.1, -0.05) is 45.0 Å². The monoisotopic (exact) mass is 259 g/mol. The van der Waals surface area contributed by atoms with Crippen molar-refractivity contribution in [3.05, 3.63) is 35.4 Å². The van der Waals surface area contributed by atoms with E-state index in [0.717, 1.165) is 36.9 Å². The molecule has 1 fully saturated rings. The van der Waals surface area contributed by atoms with Gasteiger partial charge in [-0.2, -0.15) is 0 Å². The summed E-state index contributed by atoms with van der Waals surface area (Å²) in [5, 5.41) is 0. The standard InChI is InChI=1S/C17H25NO/c1-4-14-5-7-15(8-6-14)17(19)12-18-10-9-16(11-18)13(2)3/h5-8,13,16H,4,9-12H2,1-3H3. The van der Waals surface area contributed by atoms with E-state index < -0.39 is 0 Å². The van der Waals surface area contributed by atoms with Gasteiger partial charge in [0.05, 0.1) is 6.54 Å². The van der Waals surface area contributed by atoms with Gasteiger partial charge in [0.2, 0.25) is 0 Å². The van der Waals surface area contributed by atoms with Crippen molar-refractivity contribution in [2.45, 2.75) is 33.6 Å². The summed E-state index contributed by atoms with van der Waals surface area (Å²) in [6.07, 6.45) is 2.26. The van der Waals surface area contributed by atoms with E-state index in [1.807, 2.05) is 12.1 Å². The maximum absolute atomic E-state index is 12.2. The van der Waals surface area contributed by atoms with Crippen LogP contribution in [0.2, 0.25) is 0 Å². The molecule has 1 saturated heterocycles. The number of benzene rings is 1. The van der Waals surface area contributed by atoms with Crippen molar-refractivity contribution in [1.82, 2.24) is 4.90 Å². The van der Waals surface area contributed by atoms with E-state index >= 15 is 0 Å². The first-order valence-corrected chi connectivity index (χ1v) is 7.44. The number of hydrogen-bond donors (Lipinski definition) is 0. The minimum absolute atomic E-state index is 0.257. The lowest BCUT2D eigenvalue weighted by atomic mass is 9.95. The maximum atomic E-state index is 12.2. The molecule has 1 aliphatic heterocycles. The number of carbonyl (C=O) groups excluding carboxylic acids is 1. The molecule has 0 aromatic heterocycles. The van der Waals surface area contributed by atoms with Crippen LogP contribution < -0.4 is 0 Å². The zero-order valence-electron chi connectivity index (χ0n) is 12.4. The van der Waals surface area contributed by atoms with Crippen LogP contribution in [0.4, 0.5) is 0 Å². The molecule has 19 heavy (non-hydrogen) atoms. The fraction of sp³-hybridized carbons (Fsp3) is 0.588. The summed E-state index contributed by atoms with van der Waals surface area (Å²) in [5.74, 6) is 1.74. The van der Waals surface area contributed by atoms with Gasteiger partial charge in [0.25, 0.3) is 0 Å². The molecule has 104 valence electrons. The van der Waals surface area contributed by atoms with E-state index in [9.17, 15) is 4.79 Å². The Balaban J connectivity index is 1.90.